The standard InChI is InChI=1S/C21H28FNO6/c1-13-8-9-16(10-17(13)22)19(25)23-18(14(2)24)7-5-4-6-15-11-28-21(3,20(26)27)29-12-15/h8-10,15,18H,4-7,11-12H2,1-3H3,(H,23,25)(H,26,27). The maximum Gasteiger partial charge on any atom is 0.364 e. The van der Waals surface area contributed by atoms with E-state index in [2.05, 4.69) is 5.32 Å². The number of ether oxygens (including phenoxy) is 2. The van der Waals surface area contributed by atoms with Crippen molar-refractivity contribution in [3.8, 4) is 0 Å². The highest BCUT2D eigenvalue weighted by Crippen LogP contribution is 2.25. The number of carbonyl (C=O) groups excluding carboxylic acids is 2. The summed E-state index contributed by atoms with van der Waals surface area (Å²) in [4.78, 5) is 35.3. The van der Waals surface area contributed by atoms with Gasteiger partial charge in [0, 0.05) is 18.4 Å². The molecule has 160 valence electrons. The number of benzene rings is 1. The molecule has 0 aliphatic carbocycles. The minimum Gasteiger partial charge on any atom is -0.477 e. The highest BCUT2D eigenvalue weighted by atomic mass is 19.1. The topological polar surface area (TPSA) is 102 Å². The normalized spacial score (nSPS) is 22.7. The van der Waals surface area contributed by atoms with Crippen LogP contribution in [0, 0.1) is 18.7 Å². The second kappa shape index (κ2) is 9.93. The molecule has 1 aliphatic heterocycles. The Morgan fingerprint density at radius 3 is 2.48 bits per heavy atom. The van der Waals surface area contributed by atoms with E-state index in [4.69, 9.17) is 14.6 Å². The molecule has 1 heterocycles. The van der Waals surface area contributed by atoms with Gasteiger partial charge in [0.1, 0.15) is 5.82 Å². The lowest BCUT2D eigenvalue weighted by molar-refractivity contribution is -0.271. The summed E-state index contributed by atoms with van der Waals surface area (Å²) in [5.74, 6) is -3.75. The van der Waals surface area contributed by atoms with E-state index in [9.17, 15) is 18.8 Å². The molecule has 0 saturated carbocycles. The molecule has 0 spiro atoms. The Kier molecular flexibility index (Phi) is 7.87. The maximum atomic E-state index is 13.7. The Balaban J connectivity index is 1.77. The van der Waals surface area contributed by atoms with E-state index in [1.165, 1.54) is 26.0 Å². The molecule has 0 radical (unpaired) electrons. The maximum absolute atomic E-state index is 13.7. The third-order valence-corrected chi connectivity index (χ3v) is 5.16. The Bertz CT molecular complexity index is 758. The molecular weight excluding hydrogens is 381 g/mol. The number of unbranched alkanes of at least 4 members (excludes halogenated alkanes) is 1. The molecule has 29 heavy (non-hydrogen) atoms. The molecule has 2 rings (SSSR count). The molecular formula is C21H28FNO6. The van der Waals surface area contributed by atoms with Gasteiger partial charge in [-0.25, -0.2) is 9.18 Å². The van der Waals surface area contributed by atoms with E-state index in [0.29, 0.717) is 31.6 Å². The zero-order valence-corrected chi connectivity index (χ0v) is 17.0. The van der Waals surface area contributed by atoms with Crippen molar-refractivity contribution in [1.82, 2.24) is 5.32 Å². The van der Waals surface area contributed by atoms with Gasteiger partial charge in [0.2, 0.25) is 0 Å². The average molecular weight is 409 g/mol. The van der Waals surface area contributed by atoms with Crippen LogP contribution >= 0.6 is 0 Å². The van der Waals surface area contributed by atoms with E-state index in [0.717, 1.165) is 18.9 Å². The zero-order chi connectivity index (χ0) is 21.6. The first-order valence-electron chi connectivity index (χ1n) is 9.71. The summed E-state index contributed by atoms with van der Waals surface area (Å²) in [6, 6.07) is 3.58. The SMILES string of the molecule is CC(=O)C(CCCCC1COC(C)(C(=O)O)OC1)NC(=O)c1ccc(C)c(F)c1. The van der Waals surface area contributed by atoms with Crippen molar-refractivity contribution in [3.05, 3.63) is 35.1 Å². The van der Waals surface area contributed by atoms with E-state index < -0.39 is 29.5 Å². The third-order valence-electron chi connectivity index (χ3n) is 5.16. The Morgan fingerprint density at radius 1 is 1.28 bits per heavy atom. The zero-order valence-electron chi connectivity index (χ0n) is 17.0. The van der Waals surface area contributed by atoms with Gasteiger partial charge in [-0.1, -0.05) is 18.9 Å². The number of carbonyl (C=O) groups is 3. The predicted octanol–water partition coefficient (Wildman–Crippen LogP) is 2.85. The highest BCUT2D eigenvalue weighted by Gasteiger charge is 2.40. The van der Waals surface area contributed by atoms with Crippen LogP contribution in [0.15, 0.2) is 18.2 Å². The van der Waals surface area contributed by atoms with Gasteiger partial charge in [0.15, 0.2) is 5.78 Å². The van der Waals surface area contributed by atoms with Gasteiger partial charge in [-0.2, -0.15) is 0 Å². The van der Waals surface area contributed by atoms with Crippen LogP contribution in [-0.2, 0) is 19.1 Å². The van der Waals surface area contributed by atoms with Crippen LogP contribution in [0.2, 0.25) is 0 Å². The van der Waals surface area contributed by atoms with Crippen molar-refractivity contribution < 1.29 is 33.4 Å². The van der Waals surface area contributed by atoms with E-state index in [1.54, 1.807) is 6.92 Å². The Morgan fingerprint density at radius 2 is 1.93 bits per heavy atom. The molecule has 2 N–H and O–H groups in total. The monoisotopic (exact) mass is 409 g/mol. The van der Waals surface area contributed by atoms with Gasteiger partial charge < -0.3 is 19.9 Å². The molecule has 8 heteroatoms. The van der Waals surface area contributed by atoms with Crippen LogP contribution in [0.25, 0.3) is 0 Å². The molecule has 1 unspecified atom stereocenters. The number of carboxylic acid groups (broad SMARTS) is 1. The van der Waals surface area contributed by atoms with Crippen LogP contribution in [0.5, 0.6) is 0 Å². The van der Waals surface area contributed by atoms with E-state index >= 15 is 0 Å². The first kappa shape index (κ1) is 23.0. The molecule has 1 aliphatic rings. The van der Waals surface area contributed by atoms with Gasteiger partial charge in [0.25, 0.3) is 11.7 Å². The summed E-state index contributed by atoms with van der Waals surface area (Å²) in [6.45, 7) is 5.01. The number of ketones is 1. The molecule has 1 atom stereocenters. The fraction of sp³-hybridized carbons (Fsp3) is 0.571. The first-order chi connectivity index (χ1) is 13.6. The number of rotatable bonds is 9. The molecule has 0 aromatic heterocycles. The number of carboxylic acids is 1. The van der Waals surface area contributed by atoms with Crippen molar-refractivity contribution in [2.45, 2.75) is 58.3 Å². The van der Waals surface area contributed by atoms with Crippen LogP contribution < -0.4 is 5.32 Å². The predicted molar refractivity (Wildman–Crippen MR) is 103 cm³/mol. The number of aliphatic carboxylic acids is 1. The highest BCUT2D eigenvalue weighted by molar-refractivity contribution is 5.97. The smallest absolute Gasteiger partial charge is 0.364 e. The third kappa shape index (κ3) is 6.33. The van der Waals surface area contributed by atoms with Crippen LogP contribution in [0.3, 0.4) is 0 Å². The Labute approximate surface area is 169 Å². The summed E-state index contributed by atoms with van der Waals surface area (Å²) in [5, 5.41) is 11.7. The van der Waals surface area contributed by atoms with Crippen LogP contribution in [0.4, 0.5) is 4.39 Å². The average Bonchev–Trinajstić information content (AvgIpc) is 2.67. The van der Waals surface area contributed by atoms with Crippen LogP contribution in [-0.4, -0.2) is 47.8 Å². The number of Topliss-reactive ketones (excluding diaryl/α,β-unsaturated/α-hetero) is 1. The number of amides is 1. The molecule has 0 bridgehead atoms. The minimum atomic E-state index is -1.59. The fourth-order valence-corrected chi connectivity index (χ4v) is 3.07. The second-order valence-corrected chi connectivity index (χ2v) is 7.62. The lowest BCUT2D eigenvalue weighted by Crippen LogP contribution is -2.47. The molecule has 1 saturated heterocycles. The van der Waals surface area contributed by atoms with Gasteiger partial charge in [-0.15, -0.1) is 0 Å². The van der Waals surface area contributed by atoms with Crippen molar-refractivity contribution in [2.24, 2.45) is 5.92 Å². The summed E-state index contributed by atoms with van der Waals surface area (Å²) >= 11 is 0. The van der Waals surface area contributed by atoms with E-state index in [1.807, 2.05) is 0 Å². The van der Waals surface area contributed by atoms with Crippen molar-refractivity contribution in [1.29, 1.82) is 0 Å². The molecule has 1 amide bonds. The van der Waals surface area contributed by atoms with Gasteiger partial charge >= 0.3 is 5.97 Å². The van der Waals surface area contributed by atoms with Crippen molar-refractivity contribution in [2.75, 3.05) is 13.2 Å². The number of nitrogens with one attached hydrogen (secondary N) is 1. The van der Waals surface area contributed by atoms with E-state index in [-0.39, 0.29) is 17.3 Å². The second-order valence-electron chi connectivity index (χ2n) is 7.62. The molecule has 1 fully saturated rings. The summed E-state index contributed by atoms with van der Waals surface area (Å²) < 4.78 is 24.3. The molecule has 1 aromatic rings. The minimum absolute atomic E-state index is 0.0864. The van der Waals surface area contributed by atoms with Crippen molar-refractivity contribution in [3.63, 3.8) is 0 Å². The summed E-state index contributed by atoms with van der Waals surface area (Å²) in [7, 11) is 0. The summed E-state index contributed by atoms with van der Waals surface area (Å²) in [6.07, 6.45) is 2.70. The first-order valence-corrected chi connectivity index (χ1v) is 9.71. The quantitative estimate of drug-likeness (QED) is 0.608. The van der Waals surface area contributed by atoms with Gasteiger partial charge in [-0.3, -0.25) is 9.59 Å². The number of aryl methyl sites for hydroxylation is 1. The molecule has 1 aromatic carbocycles. The van der Waals surface area contributed by atoms with Crippen LogP contribution in [0.1, 0.15) is 55.5 Å². The number of halogens is 1. The summed E-state index contributed by atoms with van der Waals surface area (Å²) in [5.41, 5.74) is 0.626. The number of hydrogen-bond acceptors (Lipinski definition) is 5. The van der Waals surface area contributed by atoms with Crippen molar-refractivity contribution >= 4 is 17.7 Å². The Hall–Kier alpha value is -2.32. The van der Waals surface area contributed by atoms with Gasteiger partial charge in [0.05, 0.1) is 19.3 Å². The van der Waals surface area contributed by atoms with Gasteiger partial charge in [-0.05, 0) is 44.4 Å². The lowest BCUT2D eigenvalue weighted by Gasteiger charge is -2.34. The lowest BCUT2D eigenvalue weighted by atomic mass is 9.98. The fourth-order valence-electron chi connectivity index (χ4n) is 3.07. The molecule has 7 nitrogen and oxygen atoms in total. The number of hydrogen-bond donors (Lipinski definition) is 2. The largest absolute Gasteiger partial charge is 0.477 e.